The summed E-state index contributed by atoms with van der Waals surface area (Å²) in [6.07, 6.45) is 2.87. The maximum Gasteiger partial charge on any atom is 0.238 e. The number of aromatic amines is 1. The quantitative estimate of drug-likeness (QED) is 0.459. The van der Waals surface area contributed by atoms with E-state index in [0.29, 0.717) is 11.3 Å². The Hall–Kier alpha value is -2.92. The number of carbonyl (C=O) groups is 2. The summed E-state index contributed by atoms with van der Waals surface area (Å²) in [6, 6.07) is 15.1. The summed E-state index contributed by atoms with van der Waals surface area (Å²) in [5.74, 6) is -0.0914. The van der Waals surface area contributed by atoms with Crippen LogP contribution in [0.3, 0.4) is 0 Å². The van der Waals surface area contributed by atoms with E-state index < -0.39 is 0 Å². The molecule has 0 unspecified atom stereocenters. The van der Waals surface area contributed by atoms with Gasteiger partial charge in [0.15, 0.2) is 5.78 Å². The minimum atomic E-state index is -0.102. The maximum atomic E-state index is 12.0. The van der Waals surface area contributed by atoms with E-state index in [1.807, 2.05) is 18.3 Å². The van der Waals surface area contributed by atoms with E-state index in [9.17, 15) is 9.59 Å². The molecule has 2 aromatic carbocycles. The highest BCUT2D eigenvalue weighted by Crippen LogP contribution is 2.17. The van der Waals surface area contributed by atoms with Gasteiger partial charge >= 0.3 is 0 Å². The van der Waals surface area contributed by atoms with Gasteiger partial charge in [0.1, 0.15) is 0 Å². The second-order valence-electron chi connectivity index (χ2n) is 5.97. The molecule has 0 saturated heterocycles. The zero-order chi connectivity index (χ0) is 17.6. The average Bonchev–Trinajstić information content (AvgIpc) is 3.02. The first-order chi connectivity index (χ1) is 12.1. The van der Waals surface area contributed by atoms with Gasteiger partial charge in [0.2, 0.25) is 5.91 Å². The minimum Gasteiger partial charge on any atom is -0.361 e. The Morgan fingerprint density at radius 2 is 1.80 bits per heavy atom. The molecule has 25 heavy (non-hydrogen) atoms. The minimum absolute atomic E-state index is 0.0109. The topological polar surface area (TPSA) is 74.0 Å². The zero-order valence-electron chi connectivity index (χ0n) is 14.1. The van der Waals surface area contributed by atoms with Gasteiger partial charge in [-0.1, -0.05) is 18.2 Å². The number of H-pyrrole nitrogens is 1. The Labute approximate surface area is 146 Å². The molecule has 3 N–H and O–H groups in total. The van der Waals surface area contributed by atoms with Crippen LogP contribution in [-0.2, 0) is 11.2 Å². The molecule has 5 nitrogen and oxygen atoms in total. The molecule has 5 heteroatoms. The lowest BCUT2D eigenvalue weighted by molar-refractivity contribution is -0.115. The first-order valence-electron chi connectivity index (χ1n) is 8.30. The first kappa shape index (κ1) is 16.9. The molecular formula is C20H21N3O2. The van der Waals surface area contributed by atoms with Crippen molar-refractivity contribution in [3.8, 4) is 0 Å². The number of benzene rings is 2. The van der Waals surface area contributed by atoms with Crippen LogP contribution in [0.1, 0.15) is 22.8 Å². The van der Waals surface area contributed by atoms with E-state index >= 15 is 0 Å². The predicted molar refractivity (Wildman–Crippen MR) is 99.9 cm³/mol. The van der Waals surface area contributed by atoms with Gasteiger partial charge in [-0.3, -0.25) is 9.59 Å². The molecule has 1 amide bonds. The molecule has 3 aromatic rings. The largest absolute Gasteiger partial charge is 0.361 e. The zero-order valence-corrected chi connectivity index (χ0v) is 14.1. The van der Waals surface area contributed by atoms with Crippen LogP contribution in [0.2, 0.25) is 0 Å². The number of anilines is 1. The fraction of sp³-hybridized carbons (Fsp3) is 0.200. The smallest absolute Gasteiger partial charge is 0.238 e. The van der Waals surface area contributed by atoms with E-state index in [4.69, 9.17) is 0 Å². The summed E-state index contributed by atoms with van der Waals surface area (Å²) in [4.78, 5) is 26.4. The van der Waals surface area contributed by atoms with Gasteiger partial charge in [-0.2, -0.15) is 0 Å². The van der Waals surface area contributed by atoms with Crippen molar-refractivity contribution < 1.29 is 9.59 Å². The van der Waals surface area contributed by atoms with Crippen LogP contribution in [0.15, 0.2) is 54.7 Å². The van der Waals surface area contributed by atoms with E-state index in [2.05, 4.69) is 27.8 Å². The van der Waals surface area contributed by atoms with Gasteiger partial charge in [-0.25, -0.2) is 0 Å². The van der Waals surface area contributed by atoms with Crippen LogP contribution >= 0.6 is 0 Å². The number of hydrogen-bond acceptors (Lipinski definition) is 3. The number of para-hydroxylation sites is 1. The van der Waals surface area contributed by atoms with Gasteiger partial charge in [-0.15, -0.1) is 0 Å². The molecule has 0 fully saturated rings. The molecule has 0 atom stereocenters. The molecule has 0 aliphatic carbocycles. The lowest BCUT2D eigenvalue weighted by Gasteiger charge is -2.07. The highest BCUT2D eigenvalue weighted by molar-refractivity contribution is 5.96. The Kier molecular flexibility index (Phi) is 5.26. The number of ketones is 1. The van der Waals surface area contributed by atoms with Crippen molar-refractivity contribution in [1.82, 2.24) is 10.3 Å². The van der Waals surface area contributed by atoms with E-state index in [0.717, 1.165) is 18.5 Å². The number of amides is 1. The normalized spacial score (nSPS) is 10.8. The summed E-state index contributed by atoms with van der Waals surface area (Å²) in [5, 5.41) is 7.19. The van der Waals surface area contributed by atoms with E-state index in [-0.39, 0.29) is 18.2 Å². The standard InChI is InChI=1S/C20H21N3O2/c1-14(24)15-6-8-17(9-7-15)23-20(25)13-21-11-10-16-12-22-19-5-3-2-4-18(16)19/h2-9,12,21-22H,10-11,13H2,1H3,(H,23,25). The number of Topliss-reactive ketones (excluding diaryl/α,β-unsaturated/α-hetero) is 1. The van der Waals surface area contributed by atoms with Crippen LogP contribution in [0.4, 0.5) is 5.69 Å². The highest BCUT2D eigenvalue weighted by Gasteiger charge is 2.05. The average molecular weight is 335 g/mol. The van der Waals surface area contributed by atoms with Crippen molar-refractivity contribution in [2.24, 2.45) is 0 Å². The van der Waals surface area contributed by atoms with Gasteiger partial charge in [-0.05, 0) is 55.8 Å². The van der Waals surface area contributed by atoms with Gasteiger partial charge < -0.3 is 15.6 Å². The van der Waals surface area contributed by atoms with Gasteiger partial charge in [0, 0.05) is 28.4 Å². The van der Waals surface area contributed by atoms with Crippen LogP contribution < -0.4 is 10.6 Å². The first-order valence-corrected chi connectivity index (χ1v) is 8.30. The number of nitrogens with one attached hydrogen (secondary N) is 3. The molecule has 1 heterocycles. The third kappa shape index (κ3) is 4.33. The second-order valence-corrected chi connectivity index (χ2v) is 5.97. The molecular weight excluding hydrogens is 314 g/mol. The number of carbonyl (C=O) groups excluding carboxylic acids is 2. The number of aromatic nitrogens is 1. The van der Waals surface area contributed by atoms with Crippen molar-refractivity contribution >= 4 is 28.3 Å². The lowest BCUT2D eigenvalue weighted by Crippen LogP contribution is -2.29. The molecule has 0 aliphatic rings. The fourth-order valence-electron chi connectivity index (χ4n) is 2.76. The molecule has 0 bridgehead atoms. The van der Waals surface area contributed by atoms with Crippen molar-refractivity contribution in [3.05, 3.63) is 65.9 Å². The Morgan fingerprint density at radius 3 is 2.56 bits per heavy atom. The predicted octanol–water partition coefficient (Wildman–Crippen LogP) is 3.14. The number of hydrogen-bond donors (Lipinski definition) is 3. The van der Waals surface area contributed by atoms with Crippen molar-refractivity contribution in [2.45, 2.75) is 13.3 Å². The van der Waals surface area contributed by atoms with E-state index in [1.165, 1.54) is 17.9 Å². The molecule has 0 radical (unpaired) electrons. The Morgan fingerprint density at radius 1 is 1.04 bits per heavy atom. The van der Waals surface area contributed by atoms with Crippen molar-refractivity contribution in [2.75, 3.05) is 18.4 Å². The Bertz CT molecular complexity index is 881. The van der Waals surface area contributed by atoms with Crippen molar-refractivity contribution in [1.29, 1.82) is 0 Å². The third-order valence-corrected chi connectivity index (χ3v) is 4.11. The summed E-state index contributed by atoms with van der Waals surface area (Å²) in [5.41, 5.74) is 3.69. The fourth-order valence-corrected chi connectivity index (χ4v) is 2.76. The number of rotatable bonds is 7. The summed E-state index contributed by atoms with van der Waals surface area (Å²) in [6.45, 7) is 2.49. The van der Waals surface area contributed by atoms with Crippen LogP contribution in [-0.4, -0.2) is 29.8 Å². The van der Waals surface area contributed by atoms with Crippen LogP contribution in [0.5, 0.6) is 0 Å². The van der Waals surface area contributed by atoms with Crippen LogP contribution in [0, 0.1) is 0 Å². The van der Waals surface area contributed by atoms with Crippen molar-refractivity contribution in [3.63, 3.8) is 0 Å². The second kappa shape index (κ2) is 7.77. The summed E-state index contributed by atoms with van der Waals surface area (Å²) >= 11 is 0. The monoisotopic (exact) mass is 335 g/mol. The molecule has 0 aliphatic heterocycles. The molecule has 1 aromatic heterocycles. The third-order valence-electron chi connectivity index (χ3n) is 4.11. The number of fused-ring (bicyclic) bond motifs is 1. The van der Waals surface area contributed by atoms with Gasteiger partial charge in [0.05, 0.1) is 6.54 Å². The molecule has 0 spiro atoms. The SMILES string of the molecule is CC(=O)c1ccc(NC(=O)CNCCc2c[nH]c3ccccc23)cc1. The van der Waals surface area contributed by atoms with E-state index in [1.54, 1.807) is 24.3 Å². The van der Waals surface area contributed by atoms with Crippen LogP contribution in [0.25, 0.3) is 10.9 Å². The lowest BCUT2D eigenvalue weighted by atomic mass is 10.1. The summed E-state index contributed by atoms with van der Waals surface area (Å²) in [7, 11) is 0. The highest BCUT2D eigenvalue weighted by atomic mass is 16.2. The summed E-state index contributed by atoms with van der Waals surface area (Å²) < 4.78 is 0. The van der Waals surface area contributed by atoms with Gasteiger partial charge in [0.25, 0.3) is 0 Å². The molecule has 0 saturated carbocycles. The maximum absolute atomic E-state index is 12.0. The molecule has 128 valence electrons. The Balaban J connectivity index is 1.44. The molecule has 3 rings (SSSR count).